The molecule has 0 aromatic carbocycles. The molecule has 6 heteroatoms. The van der Waals surface area contributed by atoms with E-state index in [2.05, 4.69) is 22.2 Å². The fourth-order valence-corrected chi connectivity index (χ4v) is 2.83. The van der Waals surface area contributed by atoms with Gasteiger partial charge in [-0.05, 0) is 26.3 Å². The van der Waals surface area contributed by atoms with E-state index in [0.29, 0.717) is 6.54 Å². The number of carbonyl (C=O) groups excluding carboxylic acids is 1. The van der Waals surface area contributed by atoms with Crippen molar-refractivity contribution in [3.63, 3.8) is 0 Å². The molecule has 6 nitrogen and oxygen atoms in total. The molecule has 114 valence electrons. The van der Waals surface area contributed by atoms with Crippen molar-refractivity contribution in [3.8, 4) is 0 Å². The topological polar surface area (TPSA) is 64.2 Å². The van der Waals surface area contributed by atoms with Gasteiger partial charge in [-0.25, -0.2) is 4.98 Å². The molecule has 0 aliphatic heterocycles. The first-order chi connectivity index (χ1) is 10.6. The van der Waals surface area contributed by atoms with E-state index in [1.165, 1.54) is 0 Å². The summed E-state index contributed by atoms with van der Waals surface area (Å²) in [6.45, 7) is 7.26. The Balaban J connectivity index is 1.87. The Labute approximate surface area is 128 Å². The molecule has 3 aromatic rings. The number of imidazole rings is 1. The van der Waals surface area contributed by atoms with Crippen molar-refractivity contribution in [2.45, 2.75) is 33.9 Å². The van der Waals surface area contributed by atoms with E-state index >= 15 is 0 Å². The summed E-state index contributed by atoms with van der Waals surface area (Å²) < 4.78 is 4.01. The summed E-state index contributed by atoms with van der Waals surface area (Å²) in [6.07, 6.45) is 8.94. The van der Waals surface area contributed by atoms with Crippen molar-refractivity contribution < 1.29 is 4.79 Å². The quantitative estimate of drug-likeness (QED) is 0.802. The molecule has 1 amide bonds. The second-order valence-corrected chi connectivity index (χ2v) is 5.27. The summed E-state index contributed by atoms with van der Waals surface area (Å²) in [5, 5.41) is 2.99. The molecule has 0 radical (unpaired) electrons. The van der Waals surface area contributed by atoms with Gasteiger partial charge in [0.15, 0.2) is 0 Å². The molecule has 0 atom stereocenters. The molecular formula is C16H19N5O. The van der Waals surface area contributed by atoms with Gasteiger partial charge in [-0.15, -0.1) is 0 Å². The number of hydrogen-bond acceptors (Lipinski definition) is 3. The van der Waals surface area contributed by atoms with E-state index in [-0.39, 0.29) is 5.91 Å². The van der Waals surface area contributed by atoms with Gasteiger partial charge in [-0.1, -0.05) is 0 Å². The average Bonchev–Trinajstić information content (AvgIpc) is 3.09. The smallest absolute Gasteiger partial charge is 0.253 e. The number of aromatic nitrogens is 4. The predicted molar refractivity (Wildman–Crippen MR) is 83.7 cm³/mol. The predicted octanol–water partition coefficient (Wildman–Crippen LogP) is 2.10. The maximum Gasteiger partial charge on any atom is 0.253 e. The fraction of sp³-hybridized carbons (Fsp3) is 0.312. The maximum atomic E-state index is 12.6. The van der Waals surface area contributed by atoms with Crippen molar-refractivity contribution in [3.05, 3.63) is 53.6 Å². The number of carbonyl (C=O) groups is 1. The van der Waals surface area contributed by atoms with Gasteiger partial charge in [0.1, 0.15) is 0 Å². The normalized spacial score (nSPS) is 11.0. The zero-order valence-electron chi connectivity index (χ0n) is 13.0. The van der Waals surface area contributed by atoms with Gasteiger partial charge >= 0.3 is 0 Å². The van der Waals surface area contributed by atoms with Gasteiger partial charge in [0.2, 0.25) is 0 Å². The van der Waals surface area contributed by atoms with Crippen LogP contribution in [-0.4, -0.2) is 24.8 Å². The monoisotopic (exact) mass is 297 g/mol. The summed E-state index contributed by atoms with van der Waals surface area (Å²) in [7, 11) is 0. The van der Waals surface area contributed by atoms with Crippen molar-refractivity contribution >= 4 is 11.4 Å². The van der Waals surface area contributed by atoms with Crippen LogP contribution in [0.15, 0.2) is 31.1 Å². The minimum Gasteiger partial charge on any atom is -0.346 e. The second kappa shape index (κ2) is 5.63. The van der Waals surface area contributed by atoms with Crippen LogP contribution in [0.3, 0.4) is 0 Å². The molecule has 0 aliphatic rings. The van der Waals surface area contributed by atoms with Gasteiger partial charge in [0.25, 0.3) is 5.91 Å². The molecule has 0 saturated heterocycles. The van der Waals surface area contributed by atoms with Gasteiger partial charge in [0, 0.05) is 30.8 Å². The first-order valence-electron chi connectivity index (χ1n) is 7.32. The SMILES string of the molecule is CCn1cncc1CNC(=O)c1c(C)c2cnccn2c1C. The largest absolute Gasteiger partial charge is 0.346 e. The van der Waals surface area contributed by atoms with Gasteiger partial charge in [-0.2, -0.15) is 0 Å². The van der Waals surface area contributed by atoms with Crippen LogP contribution in [0.1, 0.15) is 34.2 Å². The molecule has 0 bridgehead atoms. The Morgan fingerprint density at radius 3 is 2.82 bits per heavy atom. The highest BCUT2D eigenvalue weighted by atomic mass is 16.1. The lowest BCUT2D eigenvalue weighted by Crippen LogP contribution is -2.25. The Morgan fingerprint density at radius 1 is 1.27 bits per heavy atom. The van der Waals surface area contributed by atoms with Crippen molar-refractivity contribution in [2.75, 3.05) is 0 Å². The lowest BCUT2D eigenvalue weighted by atomic mass is 10.1. The average molecular weight is 297 g/mol. The van der Waals surface area contributed by atoms with E-state index in [4.69, 9.17) is 0 Å². The van der Waals surface area contributed by atoms with Crippen LogP contribution in [0.25, 0.3) is 5.52 Å². The van der Waals surface area contributed by atoms with Crippen LogP contribution < -0.4 is 5.32 Å². The minimum absolute atomic E-state index is 0.0671. The van der Waals surface area contributed by atoms with Crippen LogP contribution >= 0.6 is 0 Å². The van der Waals surface area contributed by atoms with Crippen LogP contribution in [0.2, 0.25) is 0 Å². The van der Waals surface area contributed by atoms with Crippen LogP contribution in [-0.2, 0) is 13.1 Å². The van der Waals surface area contributed by atoms with E-state index in [1.54, 1.807) is 24.9 Å². The highest BCUT2D eigenvalue weighted by Crippen LogP contribution is 2.21. The third kappa shape index (κ3) is 2.26. The molecule has 1 N–H and O–H groups in total. The molecule has 0 saturated carbocycles. The zero-order chi connectivity index (χ0) is 15.7. The minimum atomic E-state index is -0.0671. The lowest BCUT2D eigenvalue weighted by Gasteiger charge is -2.08. The lowest BCUT2D eigenvalue weighted by molar-refractivity contribution is 0.0949. The number of aryl methyl sites for hydroxylation is 3. The molecule has 3 heterocycles. The van der Waals surface area contributed by atoms with Crippen LogP contribution in [0, 0.1) is 13.8 Å². The Bertz CT molecular complexity index is 791. The molecule has 0 aliphatic carbocycles. The zero-order valence-corrected chi connectivity index (χ0v) is 13.0. The Kier molecular flexibility index (Phi) is 3.66. The van der Waals surface area contributed by atoms with Gasteiger partial charge < -0.3 is 14.3 Å². The first-order valence-corrected chi connectivity index (χ1v) is 7.32. The molecule has 0 fully saturated rings. The van der Waals surface area contributed by atoms with Gasteiger partial charge in [0.05, 0.1) is 35.8 Å². The van der Waals surface area contributed by atoms with Crippen molar-refractivity contribution in [1.29, 1.82) is 0 Å². The summed E-state index contributed by atoms with van der Waals surface area (Å²) in [5.74, 6) is -0.0671. The first kappa shape index (κ1) is 14.3. The third-order valence-corrected chi connectivity index (χ3v) is 4.04. The number of rotatable bonds is 4. The van der Waals surface area contributed by atoms with E-state index in [1.807, 2.05) is 29.0 Å². The molecule has 0 spiro atoms. The Hall–Kier alpha value is -2.63. The number of fused-ring (bicyclic) bond motifs is 1. The Morgan fingerprint density at radius 2 is 2.09 bits per heavy atom. The molecular weight excluding hydrogens is 278 g/mol. The molecule has 22 heavy (non-hydrogen) atoms. The fourth-order valence-electron chi connectivity index (χ4n) is 2.83. The van der Waals surface area contributed by atoms with E-state index < -0.39 is 0 Å². The van der Waals surface area contributed by atoms with Crippen molar-refractivity contribution in [1.82, 2.24) is 24.3 Å². The number of hydrogen-bond donors (Lipinski definition) is 1. The maximum absolute atomic E-state index is 12.6. The third-order valence-electron chi connectivity index (χ3n) is 4.04. The van der Waals surface area contributed by atoms with Crippen LogP contribution in [0.5, 0.6) is 0 Å². The number of nitrogens with one attached hydrogen (secondary N) is 1. The highest BCUT2D eigenvalue weighted by molar-refractivity contribution is 5.99. The van der Waals surface area contributed by atoms with Gasteiger partial charge in [-0.3, -0.25) is 9.78 Å². The van der Waals surface area contributed by atoms with Crippen molar-refractivity contribution in [2.24, 2.45) is 0 Å². The molecule has 3 aromatic heterocycles. The highest BCUT2D eigenvalue weighted by Gasteiger charge is 2.18. The number of amides is 1. The summed E-state index contributed by atoms with van der Waals surface area (Å²) in [4.78, 5) is 20.8. The molecule has 3 rings (SSSR count). The number of nitrogens with zero attached hydrogens (tertiary/aromatic N) is 4. The summed E-state index contributed by atoms with van der Waals surface area (Å²) >= 11 is 0. The van der Waals surface area contributed by atoms with E-state index in [0.717, 1.165) is 34.6 Å². The van der Waals surface area contributed by atoms with E-state index in [9.17, 15) is 4.79 Å². The van der Waals surface area contributed by atoms with Crippen LogP contribution in [0.4, 0.5) is 0 Å². The molecule has 0 unspecified atom stereocenters. The summed E-state index contributed by atoms with van der Waals surface area (Å²) in [5.41, 5.74) is 4.55. The summed E-state index contributed by atoms with van der Waals surface area (Å²) in [6, 6.07) is 0. The standard InChI is InChI=1S/C16H19N5O/c1-4-20-10-18-7-13(20)8-19-16(22)15-11(2)14-9-17-5-6-21(14)12(15)3/h5-7,9-10H,4,8H2,1-3H3,(H,19,22). The second-order valence-electron chi connectivity index (χ2n) is 5.27.